The predicted molar refractivity (Wildman–Crippen MR) is 43.8 cm³/mol. The normalized spacial score (nSPS) is 12.7. The van der Waals surface area contributed by atoms with Gasteiger partial charge in [0.25, 0.3) is 0 Å². The largest absolute Gasteiger partial charge is 0.497 e. The van der Waals surface area contributed by atoms with Crippen LogP contribution in [0, 0.1) is 5.82 Å². The number of alkyl halides is 1. The molecule has 0 aliphatic heterocycles. The van der Waals surface area contributed by atoms with E-state index in [4.69, 9.17) is 21.4 Å². The lowest BCUT2D eigenvalue weighted by Gasteiger charge is -2.06. The monoisotopic (exact) mass is 190 g/mol. The Bertz CT molecular complexity index is 276. The van der Waals surface area contributed by atoms with Gasteiger partial charge in [-0.3, -0.25) is 0 Å². The molecule has 0 unspecified atom stereocenters. The number of ether oxygens (including phenoxy) is 1. The van der Waals surface area contributed by atoms with E-state index in [9.17, 15) is 4.39 Å². The molecule has 66 valence electrons. The topological polar surface area (TPSA) is 29.5 Å². The van der Waals surface area contributed by atoms with E-state index >= 15 is 0 Å². The van der Waals surface area contributed by atoms with Crippen molar-refractivity contribution in [2.45, 2.75) is 5.56 Å². The molecule has 0 radical (unpaired) electrons. The van der Waals surface area contributed by atoms with Crippen molar-refractivity contribution in [3.8, 4) is 5.75 Å². The summed E-state index contributed by atoms with van der Waals surface area (Å²) in [4.78, 5) is 0. The fourth-order valence-electron chi connectivity index (χ4n) is 0.831. The summed E-state index contributed by atoms with van der Waals surface area (Å²) in [6.07, 6.45) is 0. The molecule has 0 bridgehead atoms. The van der Waals surface area contributed by atoms with Crippen LogP contribution in [0.4, 0.5) is 4.39 Å². The molecular weight excluding hydrogens is 183 g/mol. The zero-order valence-corrected chi connectivity index (χ0v) is 7.18. The Labute approximate surface area is 74.5 Å². The van der Waals surface area contributed by atoms with Gasteiger partial charge in [-0.15, -0.1) is 0 Å². The molecule has 0 saturated carbocycles. The fourth-order valence-corrected chi connectivity index (χ4v) is 0.999. The summed E-state index contributed by atoms with van der Waals surface area (Å²) >= 11 is 5.30. The zero-order chi connectivity index (χ0) is 9.14. The average Bonchev–Trinajstić information content (AvgIpc) is 2.05. The van der Waals surface area contributed by atoms with Gasteiger partial charge in [0.2, 0.25) is 0 Å². The number of halogens is 2. The summed E-state index contributed by atoms with van der Waals surface area (Å²) in [5, 5.41) is 8.89. The Kier molecular flexibility index (Phi) is 2.89. The number of methoxy groups -OCH3 is 1. The van der Waals surface area contributed by atoms with Crippen molar-refractivity contribution in [3.63, 3.8) is 0 Å². The van der Waals surface area contributed by atoms with Gasteiger partial charge in [-0.2, -0.15) is 0 Å². The number of aliphatic hydroxyl groups is 1. The highest BCUT2D eigenvalue weighted by atomic mass is 35.5. The summed E-state index contributed by atoms with van der Waals surface area (Å²) in [6, 6.07) is 4.00. The molecule has 0 fully saturated rings. The molecule has 0 aliphatic rings. The Morgan fingerprint density at radius 1 is 1.58 bits per heavy atom. The van der Waals surface area contributed by atoms with Crippen molar-refractivity contribution in [3.05, 3.63) is 29.6 Å². The van der Waals surface area contributed by atoms with Gasteiger partial charge in [-0.25, -0.2) is 4.39 Å². The van der Waals surface area contributed by atoms with Gasteiger partial charge in [0.05, 0.1) is 7.11 Å². The number of rotatable bonds is 2. The van der Waals surface area contributed by atoms with Crippen molar-refractivity contribution in [2.75, 3.05) is 7.11 Å². The maximum Gasteiger partial charge on any atom is 0.156 e. The van der Waals surface area contributed by atoms with E-state index in [0.717, 1.165) is 0 Å². The maximum absolute atomic E-state index is 12.9. The minimum absolute atomic E-state index is 0.0241. The van der Waals surface area contributed by atoms with Crippen LogP contribution in [0.15, 0.2) is 18.2 Å². The van der Waals surface area contributed by atoms with Crippen molar-refractivity contribution in [2.24, 2.45) is 0 Å². The van der Waals surface area contributed by atoms with Crippen LogP contribution in [0.2, 0.25) is 0 Å². The summed E-state index contributed by atoms with van der Waals surface area (Å²) in [7, 11) is 1.46. The quantitative estimate of drug-likeness (QED) is 0.724. The molecule has 1 atom stereocenters. The minimum Gasteiger partial charge on any atom is -0.497 e. The minimum atomic E-state index is -1.33. The van der Waals surface area contributed by atoms with Crippen LogP contribution >= 0.6 is 11.6 Å². The van der Waals surface area contributed by atoms with Crippen LogP contribution in [0.3, 0.4) is 0 Å². The Morgan fingerprint density at radius 2 is 2.25 bits per heavy atom. The SMILES string of the molecule is COc1ccc(F)c([C@@H](O)Cl)c1. The molecule has 2 nitrogen and oxygen atoms in total. The standard InChI is InChI=1S/C8H8ClFO2/c1-12-5-2-3-7(10)6(4-5)8(9)11/h2-4,8,11H,1H3/t8-/m1/s1. The van der Waals surface area contributed by atoms with Crippen LogP contribution in [0.5, 0.6) is 5.75 Å². The maximum atomic E-state index is 12.9. The molecule has 0 amide bonds. The van der Waals surface area contributed by atoms with E-state index in [1.807, 2.05) is 0 Å². The first-order valence-corrected chi connectivity index (χ1v) is 3.74. The number of benzene rings is 1. The van der Waals surface area contributed by atoms with Crippen molar-refractivity contribution in [1.29, 1.82) is 0 Å². The first kappa shape index (κ1) is 9.29. The third kappa shape index (κ3) is 1.87. The molecule has 1 N–H and O–H groups in total. The van der Waals surface area contributed by atoms with Crippen LogP contribution in [-0.2, 0) is 0 Å². The first-order valence-electron chi connectivity index (χ1n) is 3.30. The second-order valence-corrected chi connectivity index (χ2v) is 2.64. The summed E-state index contributed by atoms with van der Waals surface area (Å²) in [5.41, 5.74) is -1.31. The van der Waals surface area contributed by atoms with Crippen LogP contribution < -0.4 is 4.74 Å². The van der Waals surface area contributed by atoms with Crippen LogP contribution in [0.1, 0.15) is 11.1 Å². The highest BCUT2D eigenvalue weighted by Crippen LogP contribution is 2.24. The molecule has 12 heavy (non-hydrogen) atoms. The van der Waals surface area contributed by atoms with E-state index in [2.05, 4.69) is 0 Å². The lowest BCUT2D eigenvalue weighted by Crippen LogP contribution is -1.94. The molecule has 0 aliphatic carbocycles. The first-order chi connectivity index (χ1) is 5.65. The summed E-state index contributed by atoms with van der Waals surface area (Å²) in [6.45, 7) is 0. The molecule has 1 rings (SSSR count). The lowest BCUT2D eigenvalue weighted by molar-refractivity contribution is 0.256. The van der Waals surface area contributed by atoms with E-state index in [1.165, 1.54) is 25.3 Å². The predicted octanol–water partition coefficient (Wildman–Crippen LogP) is 2.06. The van der Waals surface area contributed by atoms with Gasteiger partial charge < -0.3 is 9.84 Å². The lowest BCUT2D eigenvalue weighted by atomic mass is 10.2. The third-order valence-electron chi connectivity index (χ3n) is 1.46. The molecule has 0 aromatic heterocycles. The van der Waals surface area contributed by atoms with E-state index in [0.29, 0.717) is 5.75 Å². The number of hydrogen-bond donors (Lipinski definition) is 1. The number of aliphatic hydroxyl groups excluding tert-OH is 1. The third-order valence-corrected chi connectivity index (χ3v) is 1.69. The molecule has 0 heterocycles. The van der Waals surface area contributed by atoms with Gasteiger partial charge in [-0.1, -0.05) is 11.6 Å². The van der Waals surface area contributed by atoms with Crippen LogP contribution in [-0.4, -0.2) is 12.2 Å². The molecular formula is C8H8ClFO2. The molecule has 4 heteroatoms. The van der Waals surface area contributed by atoms with Crippen LogP contribution in [0.25, 0.3) is 0 Å². The Balaban J connectivity index is 3.08. The average molecular weight is 191 g/mol. The summed E-state index contributed by atoms with van der Waals surface area (Å²) in [5.74, 6) is -0.0793. The van der Waals surface area contributed by atoms with E-state index in [-0.39, 0.29) is 5.56 Å². The summed E-state index contributed by atoms with van der Waals surface area (Å²) < 4.78 is 17.7. The number of hydrogen-bond acceptors (Lipinski definition) is 2. The highest BCUT2D eigenvalue weighted by Gasteiger charge is 2.10. The highest BCUT2D eigenvalue weighted by molar-refractivity contribution is 6.19. The van der Waals surface area contributed by atoms with Crippen molar-refractivity contribution in [1.82, 2.24) is 0 Å². The molecule has 0 spiro atoms. The smallest absolute Gasteiger partial charge is 0.156 e. The fraction of sp³-hybridized carbons (Fsp3) is 0.250. The zero-order valence-electron chi connectivity index (χ0n) is 6.42. The van der Waals surface area contributed by atoms with Gasteiger partial charge in [0.1, 0.15) is 11.6 Å². The second-order valence-electron chi connectivity index (χ2n) is 2.22. The van der Waals surface area contributed by atoms with Gasteiger partial charge in [0.15, 0.2) is 5.56 Å². The Morgan fingerprint density at radius 3 is 2.75 bits per heavy atom. The second kappa shape index (κ2) is 3.74. The van der Waals surface area contributed by atoms with Crippen molar-refractivity contribution >= 4 is 11.6 Å². The van der Waals surface area contributed by atoms with Crippen molar-refractivity contribution < 1.29 is 14.2 Å². The van der Waals surface area contributed by atoms with Gasteiger partial charge >= 0.3 is 0 Å². The van der Waals surface area contributed by atoms with E-state index in [1.54, 1.807) is 0 Å². The van der Waals surface area contributed by atoms with Gasteiger partial charge in [0, 0.05) is 5.56 Å². The van der Waals surface area contributed by atoms with E-state index < -0.39 is 11.4 Å². The van der Waals surface area contributed by atoms with Gasteiger partial charge in [-0.05, 0) is 18.2 Å². The molecule has 0 saturated heterocycles. The molecule has 1 aromatic carbocycles. The Hall–Kier alpha value is -0.800. The molecule has 1 aromatic rings.